The van der Waals surface area contributed by atoms with Crippen molar-refractivity contribution in [3.05, 3.63) is 52.5 Å². The standard InChI is InChI=1S/C23H21ClN4O3/c1-22-19(4-3-7-30-22)31-18-6-5-14(15-8-13(12-25)9-16(24)10-15)11-17(18)23(22)20(29)28(2)21(26)27-23/h5-6,8-11,19H,3-4,7H2,1-2H3,(H2,26,27)/t19?,22-,23+/m0/s1. The number of fused-ring (bicyclic) bond motifs is 4. The zero-order chi connectivity index (χ0) is 22.0. The van der Waals surface area contributed by atoms with Crippen molar-refractivity contribution in [3.63, 3.8) is 0 Å². The number of benzene rings is 2. The maximum Gasteiger partial charge on any atom is 0.265 e. The molecule has 3 atom stereocenters. The van der Waals surface area contributed by atoms with Crippen molar-refractivity contribution in [2.24, 2.45) is 10.7 Å². The van der Waals surface area contributed by atoms with Gasteiger partial charge in [-0.25, -0.2) is 4.99 Å². The molecule has 1 spiro atoms. The van der Waals surface area contributed by atoms with Crippen molar-refractivity contribution in [2.75, 3.05) is 13.7 Å². The van der Waals surface area contributed by atoms with E-state index in [1.807, 2.05) is 25.1 Å². The Bertz CT molecular complexity index is 1190. The number of likely N-dealkylation sites (N-methyl/N-ethyl adjacent to an activating group) is 1. The second-order valence-corrected chi connectivity index (χ2v) is 8.74. The first kappa shape index (κ1) is 19.9. The topological polar surface area (TPSA) is 101 Å². The highest BCUT2D eigenvalue weighted by Crippen LogP contribution is 2.55. The summed E-state index contributed by atoms with van der Waals surface area (Å²) < 4.78 is 12.6. The van der Waals surface area contributed by atoms with Crippen LogP contribution in [0.4, 0.5) is 0 Å². The summed E-state index contributed by atoms with van der Waals surface area (Å²) in [6, 6.07) is 12.9. The molecule has 0 aromatic heterocycles. The van der Waals surface area contributed by atoms with Crippen LogP contribution in [-0.4, -0.2) is 42.1 Å². The minimum Gasteiger partial charge on any atom is -0.487 e. The molecule has 2 N–H and O–H groups in total. The molecular weight excluding hydrogens is 416 g/mol. The minimum absolute atomic E-state index is 0.145. The summed E-state index contributed by atoms with van der Waals surface area (Å²) >= 11 is 6.22. The number of nitrogens with zero attached hydrogens (tertiary/aromatic N) is 3. The van der Waals surface area contributed by atoms with Gasteiger partial charge in [0.1, 0.15) is 17.5 Å². The van der Waals surface area contributed by atoms with E-state index in [0.717, 1.165) is 24.0 Å². The van der Waals surface area contributed by atoms with Crippen molar-refractivity contribution in [3.8, 4) is 22.9 Å². The lowest BCUT2D eigenvalue weighted by molar-refractivity contribution is -0.191. The normalized spacial score (nSPS) is 29.1. The molecule has 3 aliphatic rings. The third-order valence-corrected chi connectivity index (χ3v) is 6.80. The number of carbonyl (C=O) groups is 1. The molecule has 7 nitrogen and oxygen atoms in total. The Kier molecular flexibility index (Phi) is 4.30. The predicted molar refractivity (Wildman–Crippen MR) is 116 cm³/mol. The van der Waals surface area contributed by atoms with E-state index in [9.17, 15) is 10.1 Å². The summed E-state index contributed by atoms with van der Waals surface area (Å²) in [5.41, 5.74) is 6.37. The molecule has 1 saturated heterocycles. The number of rotatable bonds is 1. The first-order valence-corrected chi connectivity index (χ1v) is 10.5. The molecule has 2 aromatic carbocycles. The molecule has 3 aliphatic heterocycles. The van der Waals surface area contributed by atoms with E-state index in [4.69, 9.17) is 31.8 Å². The van der Waals surface area contributed by atoms with E-state index in [1.54, 1.807) is 25.2 Å². The van der Waals surface area contributed by atoms with Gasteiger partial charge in [0.25, 0.3) is 5.91 Å². The summed E-state index contributed by atoms with van der Waals surface area (Å²) in [7, 11) is 1.62. The van der Waals surface area contributed by atoms with Crippen molar-refractivity contribution in [2.45, 2.75) is 37.0 Å². The number of hydrogen-bond donors (Lipinski definition) is 1. The van der Waals surface area contributed by atoms with Gasteiger partial charge in [0.05, 0.1) is 11.6 Å². The molecule has 8 heteroatoms. The van der Waals surface area contributed by atoms with Crippen LogP contribution < -0.4 is 10.5 Å². The summed E-state index contributed by atoms with van der Waals surface area (Å²) in [5, 5.41) is 9.78. The molecule has 1 unspecified atom stereocenters. The largest absolute Gasteiger partial charge is 0.487 e. The van der Waals surface area contributed by atoms with Crippen molar-refractivity contribution in [1.29, 1.82) is 5.26 Å². The third kappa shape index (κ3) is 2.62. The molecule has 2 aromatic rings. The van der Waals surface area contributed by atoms with Gasteiger partial charge in [0, 0.05) is 24.2 Å². The first-order valence-electron chi connectivity index (χ1n) is 10.1. The number of ether oxygens (including phenoxy) is 2. The smallest absolute Gasteiger partial charge is 0.265 e. The lowest BCUT2D eigenvalue weighted by atomic mass is 9.68. The minimum atomic E-state index is -1.35. The van der Waals surface area contributed by atoms with Crippen LogP contribution in [0.5, 0.6) is 5.75 Å². The average molecular weight is 437 g/mol. The molecule has 0 radical (unpaired) electrons. The van der Waals surface area contributed by atoms with Gasteiger partial charge in [-0.15, -0.1) is 0 Å². The Morgan fingerprint density at radius 2 is 2.10 bits per heavy atom. The van der Waals surface area contributed by atoms with Gasteiger partial charge in [-0.1, -0.05) is 17.7 Å². The predicted octanol–water partition coefficient (Wildman–Crippen LogP) is 3.19. The second-order valence-electron chi connectivity index (χ2n) is 8.30. The highest BCUT2D eigenvalue weighted by atomic mass is 35.5. The highest BCUT2D eigenvalue weighted by Gasteiger charge is 2.68. The Morgan fingerprint density at radius 1 is 1.29 bits per heavy atom. The Labute approximate surface area is 185 Å². The number of halogens is 1. The van der Waals surface area contributed by atoms with Gasteiger partial charge in [-0.2, -0.15) is 5.26 Å². The van der Waals surface area contributed by atoms with E-state index >= 15 is 0 Å². The zero-order valence-corrected chi connectivity index (χ0v) is 17.9. The molecule has 1 amide bonds. The fraction of sp³-hybridized carbons (Fsp3) is 0.348. The van der Waals surface area contributed by atoms with Gasteiger partial charge < -0.3 is 15.2 Å². The van der Waals surface area contributed by atoms with Gasteiger partial charge >= 0.3 is 0 Å². The van der Waals surface area contributed by atoms with Gasteiger partial charge in [-0.05, 0) is 61.2 Å². The fourth-order valence-corrected chi connectivity index (χ4v) is 5.14. The number of aliphatic imine (C=N–C) groups is 1. The Hall–Kier alpha value is -3.08. The maximum atomic E-state index is 13.6. The zero-order valence-electron chi connectivity index (χ0n) is 17.2. The fourth-order valence-electron chi connectivity index (χ4n) is 4.91. The molecule has 31 heavy (non-hydrogen) atoms. The van der Waals surface area contributed by atoms with E-state index < -0.39 is 11.1 Å². The number of guanidine groups is 1. The number of amides is 1. The van der Waals surface area contributed by atoms with Crippen LogP contribution in [0.3, 0.4) is 0 Å². The van der Waals surface area contributed by atoms with Crippen LogP contribution in [0, 0.1) is 11.3 Å². The van der Waals surface area contributed by atoms with Crippen LogP contribution in [0.2, 0.25) is 5.02 Å². The molecular formula is C23H21ClN4O3. The van der Waals surface area contributed by atoms with E-state index in [0.29, 0.717) is 28.5 Å². The quantitative estimate of drug-likeness (QED) is 0.739. The number of carbonyl (C=O) groups excluding carboxylic acids is 1. The maximum absolute atomic E-state index is 13.6. The lowest BCUT2D eigenvalue weighted by Crippen LogP contribution is -2.67. The molecule has 0 bridgehead atoms. The molecule has 0 aliphatic carbocycles. The van der Waals surface area contributed by atoms with Crippen LogP contribution in [0.1, 0.15) is 30.9 Å². The van der Waals surface area contributed by atoms with Crippen molar-refractivity contribution < 1.29 is 14.3 Å². The van der Waals surface area contributed by atoms with Crippen LogP contribution >= 0.6 is 11.6 Å². The van der Waals surface area contributed by atoms with Gasteiger partial charge in [0.2, 0.25) is 5.54 Å². The number of nitrogens with two attached hydrogens (primary N) is 1. The molecule has 1 fully saturated rings. The van der Waals surface area contributed by atoms with Gasteiger partial charge in [0.15, 0.2) is 5.96 Å². The summed E-state index contributed by atoms with van der Waals surface area (Å²) in [5.74, 6) is 0.483. The van der Waals surface area contributed by atoms with E-state index in [2.05, 4.69) is 6.07 Å². The second kappa shape index (κ2) is 6.71. The van der Waals surface area contributed by atoms with Crippen LogP contribution in [0.25, 0.3) is 11.1 Å². The molecule has 158 valence electrons. The third-order valence-electron chi connectivity index (χ3n) is 6.58. The molecule has 5 rings (SSSR count). The average Bonchev–Trinajstić information content (AvgIpc) is 2.99. The lowest BCUT2D eigenvalue weighted by Gasteiger charge is -2.52. The van der Waals surface area contributed by atoms with Gasteiger partial charge in [-0.3, -0.25) is 9.69 Å². The number of hydrogen-bond acceptors (Lipinski definition) is 6. The van der Waals surface area contributed by atoms with Crippen molar-refractivity contribution in [1.82, 2.24) is 4.90 Å². The SMILES string of the molecule is CN1C(=O)[C@]2(N=C1N)c1cc(-c3cc(Cl)cc(C#N)c3)ccc1OC1CCCO[C@@]12C. The Morgan fingerprint density at radius 3 is 2.81 bits per heavy atom. The van der Waals surface area contributed by atoms with Crippen LogP contribution in [0.15, 0.2) is 41.4 Å². The van der Waals surface area contributed by atoms with Crippen molar-refractivity contribution >= 4 is 23.5 Å². The molecule has 0 saturated carbocycles. The summed E-state index contributed by atoms with van der Waals surface area (Å²) in [4.78, 5) is 19.7. The van der Waals surface area contributed by atoms with Crippen LogP contribution in [-0.2, 0) is 15.1 Å². The van der Waals surface area contributed by atoms with E-state index in [-0.39, 0.29) is 18.0 Å². The van der Waals surface area contributed by atoms with E-state index in [1.165, 1.54) is 4.90 Å². The Balaban J connectivity index is 1.76. The first-order chi connectivity index (χ1) is 14.8. The highest BCUT2D eigenvalue weighted by molar-refractivity contribution is 6.31. The summed E-state index contributed by atoms with van der Waals surface area (Å²) in [6.07, 6.45) is 1.26. The monoisotopic (exact) mass is 436 g/mol. The summed E-state index contributed by atoms with van der Waals surface area (Å²) in [6.45, 7) is 2.40. The number of nitriles is 1. The molecule has 3 heterocycles.